The maximum atomic E-state index is 8.77. The molecule has 0 bridgehead atoms. The number of ether oxygens (including phenoxy) is 1. The summed E-state index contributed by atoms with van der Waals surface area (Å²) in [5.74, 6) is 1.04. The molecule has 1 aliphatic rings. The van der Waals surface area contributed by atoms with Crippen molar-refractivity contribution in [3.8, 4) is 11.8 Å². The van der Waals surface area contributed by atoms with Crippen LogP contribution < -0.4 is 4.74 Å². The molecule has 0 radical (unpaired) electrons. The summed E-state index contributed by atoms with van der Waals surface area (Å²) in [6, 6.07) is 6.22. The van der Waals surface area contributed by atoms with Gasteiger partial charge in [0.25, 0.3) is 0 Å². The molecule has 0 N–H and O–H groups in total. The number of nitrogens with zero attached hydrogens (tertiary/aromatic N) is 1. The largest absolute Gasteiger partial charge is 0.496 e. The minimum atomic E-state index is 0.111. The SMILES string of the molecule is COc1ccc2c(c1C)CC2C#N. The monoisotopic (exact) mass is 173 g/mol. The van der Waals surface area contributed by atoms with Gasteiger partial charge in [-0.25, -0.2) is 0 Å². The molecule has 0 fully saturated rings. The maximum Gasteiger partial charge on any atom is 0.122 e. The van der Waals surface area contributed by atoms with Gasteiger partial charge in [0.1, 0.15) is 5.75 Å². The van der Waals surface area contributed by atoms with Crippen LogP contribution in [-0.2, 0) is 6.42 Å². The highest BCUT2D eigenvalue weighted by Gasteiger charge is 2.28. The highest BCUT2D eigenvalue weighted by molar-refractivity contribution is 5.53. The minimum absolute atomic E-state index is 0.111. The van der Waals surface area contributed by atoms with Gasteiger partial charge < -0.3 is 4.74 Å². The molecule has 0 spiro atoms. The smallest absolute Gasteiger partial charge is 0.122 e. The predicted molar refractivity (Wildman–Crippen MR) is 49.8 cm³/mol. The van der Waals surface area contributed by atoms with E-state index in [4.69, 9.17) is 10.00 Å². The van der Waals surface area contributed by atoms with Crippen molar-refractivity contribution < 1.29 is 4.74 Å². The average Bonchev–Trinajstić information content (AvgIpc) is 2.09. The van der Waals surface area contributed by atoms with E-state index in [0.29, 0.717) is 0 Å². The van der Waals surface area contributed by atoms with E-state index in [1.807, 2.05) is 19.1 Å². The van der Waals surface area contributed by atoms with E-state index in [0.717, 1.165) is 12.2 Å². The molecule has 0 saturated heterocycles. The van der Waals surface area contributed by atoms with E-state index in [1.54, 1.807) is 7.11 Å². The van der Waals surface area contributed by atoms with Gasteiger partial charge in [-0.1, -0.05) is 6.07 Å². The number of hydrogen-bond donors (Lipinski definition) is 0. The molecule has 2 rings (SSSR count). The summed E-state index contributed by atoms with van der Waals surface area (Å²) in [4.78, 5) is 0. The van der Waals surface area contributed by atoms with Crippen LogP contribution in [-0.4, -0.2) is 7.11 Å². The molecular weight excluding hydrogens is 162 g/mol. The van der Waals surface area contributed by atoms with Gasteiger partial charge in [0.05, 0.1) is 19.1 Å². The first-order valence-corrected chi connectivity index (χ1v) is 4.34. The molecule has 1 unspecified atom stereocenters. The lowest BCUT2D eigenvalue weighted by molar-refractivity contribution is 0.409. The summed E-state index contributed by atoms with van der Waals surface area (Å²) in [7, 11) is 1.68. The zero-order valence-corrected chi connectivity index (χ0v) is 7.79. The van der Waals surface area contributed by atoms with Crippen molar-refractivity contribution >= 4 is 0 Å². The van der Waals surface area contributed by atoms with Crippen molar-refractivity contribution in [2.45, 2.75) is 19.3 Å². The number of rotatable bonds is 1. The summed E-state index contributed by atoms with van der Waals surface area (Å²) in [6.45, 7) is 2.05. The third-order valence-electron chi connectivity index (χ3n) is 2.74. The molecular formula is C11H11NO. The van der Waals surface area contributed by atoms with Crippen LogP contribution in [0.1, 0.15) is 22.6 Å². The number of nitriles is 1. The van der Waals surface area contributed by atoms with Crippen LogP contribution in [0.3, 0.4) is 0 Å². The summed E-state index contributed by atoms with van der Waals surface area (Å²) in [5.41, 5.74) is 3.67. The Morgan fingerprint density at radius 1 is 1.54 bits per heavy atom. The minimum Gasteiger partial charge on any atom is -0.496 e. The van der Waals surface area contributed by atoms with Crippen LogP contribution in [0.15, 0.2) is 12.1 Å². The molecule has 0 aliphatic heterocycles. The Kier molecular flexibility index (Phi) is 1.73. The average molecular weight is 173 g/mol. The van der Waals surface area contributed by atoms with Crippen molar-refractivity contribution in [2.75, 3.05) is 7.11 Å². The van der Waals surface area contributed by atoms with Gasteiger partial charge in [0, 0.05) is 0 Å². The lowest BCUT2D eigenvalue weighted by Crippen LogP contribution is -2.17. The molecule has 1 aromatic rings. The fourth-order valence-electron chi connectivity index (χ4n) is 1.87. The summed E-state index contributed by atoms with van der Waals surface area (Å²) >= 11 is 0. The van der Waals surface area contributed by atoms with E-state index >= 15 is 0 Å². The number of benzene rings is 1. The molecule has 1 aromatic carbocycles. The fourth-order valence-corrected chi connectivity index (χ4v) is 1.87. The molecule has 2 heteroatoms. The lowest BCUT2D eigenvalue weighted by Gasteiger charge is -2.27. The van der Waals surface area contributed by atoms with E-state index < -0.39 is 0 Å². The second-order valence-electron chi connectivity index (χ2n) is 3.35. The van der Waals surface area contributed by atoms with Crippen LogP contribution >= 0.6 is 0 Å². The van der Waals surface area contributed by atoms with Crippen LogP contribution in [0.25, 0.3) is 0 Å². The molecule has 0 heterocycles. The van der Waals surface area contributed by atoms with Crippen LogP contribution in [0.5, 0.6) is 5.75 Å². The van der Waals surface area contributed by atoms with E-state index in [1.165, 1.54) is 16.7 Å². The number of methoxy groups -OCH3 is 1. The van der Waals surface area contributed by atoms with Crippen LogP contribution in [0.2, 0.25) is 0 Å². The lowest BCUT2D eigenvalue weighted by atomic mass is 9.76. The third kappa shape index (κ3) is 1.01. The Labute approximate surface area is 77.8 Å². The molecule has 0 amide bonds. The fraction of sp³-hybridized carbons (Fsp3) is 0.364. The van der Waals surface area contributed by atoms with Gasteiger partial charge in [0.15, 0.2) is 0 Å². The Balaban J connectivity index is 2.47. The molecule has 0 aromatic heterocycles. The van der Waals surface area contributed by atoms with Crippen LogP contribution in [0, 0.1) is 18.3 Å². The molecule has 13 heavy (non-hydrogen) atoms. The standard InChI is InChI=1S/C11H11NO/c1-7-10-5-8(6-12)9(10)3-4-11(7)13-2/h3-4,8H,5H2,1-2H3. The van der Waals surface area contributed by atoms with Gasteiger partial charge in [-0.15, -0.1) is 0 Å². The highest BCUT2D eigenvalue weighted by Crippen LogP contribution is 2.39. The number of hydrogen-bond acceptors (Lipinski definition) is 2. The summed E-state index contributed by atoms with van der Waals surface area (Å²) in [5, 5.41) is 8.77. The zero-order valence-electron chi connectivity index (χ0n) is 7.79. The first-order valence-electron chi connectivity index (χ1n) is 4.34. The first kappa shape index (κ1) is 8.12. The Morgan fingerprint density at radius 2 is 2.31 bits per heavy atom. The second-order valence-corrected chi connectivity index (χ2v) is 3.35. The topological polar surface area (TPSA) is 33.0 Å². The molecule has 0 saturated carbocycles. The van der Waals surface area contributed by atoms with Gasteiger partial charge in [-0.3, -0.25) is 0 Å². The summed E-state index contributed by atoms with van der Waals surface area (Å²) < 4.78 is 5.20. The van der Waals surface area contributed by atoms with Gasteiger partial charge in [-0.05, 0) is 36.1 Å². The second kappa shape index (κ2) is 2.77. The number of fused-ring (bicyclic) bond motifs is 1. The van der Waals surface area contributed by atoms with E-state index in [2.05, 4.69) is 6.07 Å². The Bertz CT molecular complexity index is 390. The van der Waals surface area contributed by atoms with E-state index in [-0.39, 0.29) is 5.92 Å². The Morgan fingerprint density at radius 3 is 2.92 bits per heavy atom. The predicted octanol–water partition coefficient (Wildman–Crippen LogP) is 2.17. The van der Waals surface area contributed by atoms with Crippen molar-refractivity contribution in [3.05, 3.63) is 28.8 Å². The van der Waals surface area contributed by atoms with Crippen molar-refractivity contribution in [1.82, 2.24) is 0 Å². The molecule has 66 valence electrons. The summed E-state index contributed by atoms with van der Waals surface area (Å²) in [6.07, 6.45) is 0.884. The first-order chi connectivity index (χ1) is 6.27. The zero-order chi connectivity index (χ0) is 9.42. The highest BCUT2D eigenvalue weighted by atomic mass is 16.5. The van der Waals surface area contributed by atoms with Gasteiger partial charge in [0.2, 0.25) is 0 Å². The van der Waals surface area contributed by atoms with E-state index in [9.17, 15) is 0 Å². The van der Waals surface area contributed by atoms with Gasteiger partial charge in [-0.2, -0.15) is 5.26 Å². The quantitative estimate of drug-likeness (QED) is 0.652. The normalized spacial score (nSPS) is 18.4. The van der Waals surface area contributed by atoms with Crippen molar-refractivity contribution in [3.63, 3.8) is 0 Å². The third-order valence-corrected chi connectivity index (χ3v) is 2.74. The Hall–Kier alpha value is -1.49. The maximum absolute atomic E-state index is 8.77. The molecule has 2 nitrogen and oxygen atoms in total. The van der Waals surface area contributed by atoms with Crippen molar-refractivity contribution in [2.24, 2.45) is 0 Å². The molecule has 1 atom stereocenters. The van der Waals surface area contributed by atoms with Crippen LogP contribution in [0.4, 0.5) is 0 Å². The van der Waals surface area contributed by atoms with Crippen molar-refractivity contribution in [1.29, 1.82) is 5.26 Å². The molecule has 1 aliphatic carbocycles. The van der Waals surface area contributed by atoms with Gasteiger partial charge >= 0.3 is 0 Å².